The van der Waals surface area contributed by atoms with Gasteiger partial charge in [0.2, 0.25) is 6.79 Å². The molecular weight excluding hydrogens is 375 g/mol. The molecule has 0 atom stereocenters. The van der Waals surface area contributed by atoms with E-state index < -0.39 is 5.82 Å². The molecule has 1 heterocycles. The maximum Gasteiger partial charge on any atom is 0.254 e. The SMILES string of the molecule is NCCc1ccc(F)c(C(=O)NC2CCC(Oc3ccc4c(c3)OCO4)CC2)c1. The van der Waals surface area contributed by atoms with Crippen LogP contribution >= 0.6 is 0 Å². The molecule has 2 aromatic rings. The Morgan fingerprint density at radius 3 is 2.69 bits per heavy atom. The molecule has 1 saturated carbocycles. The lowest BCUT2D eigenvalue weighted by Crippen LogP contribution is -2.40. The van der Waals surface area contributed by atoms with Gasteiger partial charge in [0.1, 0.15) is 11.6 Å². The predicted molar refractivity (Wildman–Crippen MR) is 106 cm³/mol. The molecule has 0 bridgehead atoms. The average molecular weight is 400 g/mol. The molecule has 0 unspecified atom stereocenters. The summed E-state index contributed by atoms with van der Waals surface area (Å²) in [6, 6.07) is 10.2. The minimum atomic E-state index is -0.511. The Kier molecular flexibility index (Phi) is 5.85. The fourth-order valence-corrected chi connectivity index (χ4v) is 3.80. The number of nitrogens with one attached hydrogen (secondary N) is 1. The Morgan fingerprint density at radius 2 is 1.90 bits per heavy atom. The molecular formula is C22H25FN2O4. The van der Waals surface area contributed by atoms with Gasteiger partial charge >= 0.3 is 0 Å². The lowest BCUT2D eigenvalue weighted by Gasteiger charge is -2.29. The number of carbonyl (C=O) groups excluding carboxylic acids is 1. The van der Waals surface area contributed by atoms with Gasteiger partial charge in [0, 0.05) is 12.1 Å². The van der Waals surface area contributed by atoms with Crippen LogP contribution < -0.4 is 25.3 Å². The van der Waals surface area contributed by atoms with Crippen LogP contribution in [-0.4, -0.2) is 31.4 Å². The Hall–Kier alpha value is -2.80. The van der Waals surface area contributed by atoms with E-state index in [0.29, 0.717) is 18.7 Å². The number of benzene rings is 2. The number of ether oxygens (including phenoxy) is 3. The van der Waals surface area contributed by atoms with E-state index in [2.05, 4.69) is 5.32 Å². The van der Waals surface area contributed by atoms with Crippen LogP contribution in [0.5, 0.6) is 17.2 Å². The number of fused-ring (bicyclic) bond motifs is 1. The van der Waals surface area contributed by atoms with Crippen LogP contribution in [0.25, 0.3) is 0 Å². The first-order valence-electron chi connectivity index (χ1n) is 9.98. The van der Waals surface area contributed by atoms with Gasteiger partial charge < -0.3 is 25.3 Å². The number of halogens is 1. The van der Waals surface area contributed by atoms with E-state index in [1.165, 1.54) is 6.07 Å². The van der Waals surface area contributed by atoms with Crippen LogP contribution in [0.1, 0.15) is 41.6 Å². The largest absolute Gasteiger partial charge is 0.490 e. The van der Waals surface area contributed by atoms with Gasteiger partial charge in [0.15, 0.2) is 11.5 Å². The molecule has 4 rings (SSSR count). The Labute approximate surface area is 169 Å². The minimum absolute atomic E-state index is 0.0108. The van der Waals surface area contributed by atoms with E-state index in [1.54, 1.807) is 12.1 Å². The lowest BCUT2D eigenvalue weighted by atomic mass is 9.92. The van der Waals surface area contributed by atoms with Crippen LogP contribution in [0.15, 0.2) is 36.4 Å². The third-order valence-electron chi connectivity index (χ3n) is 5.36. The van der Waals surface area contributed by atoms with Gasteiger partial charge in [0.25, 0.3) is 5.91 Å². The lowest BCUT2D eigenvalue weighted by molar-refractivity contribution is 0.0889. The van der Waals surface area contributed by atoms with Crippen molar-refractivity contribution in [3.8, 4) is 17.2 Å². The molecule has 1 amide bonds. The fraction of sp³-hybridized carbons (Fsp3) is 0.409. The summed E-state index contributed by atoms with van der Waals surface area (Å²) in [5.74, 6) is 1.29. The van der Waals surface area contributed by atoms with Crippen molar-refractivity contribution in [2.24, 2.45) is 5.73 Å². The monoisotopic (exact) mass is 400 g/mol. The number of carbonyl (C=O) groups is 1. The van der Waals surface area contributed by atoms with E-state index in [9.17, 15) is 9.18 Å². The highest BCUT2D eigenvalue weighted by Gasteiger charge is 2.25. The third kappa shape index (κ3) is 4.62. The number of hydrogen-bond acceptors (Lipinski definition) is 5. The first-order chi connectivity index (χ1) is 14.1. The molecule has 0 spiro atoms. The van der Waals surface area contributed by atoms with Crippen molar-refractivity contribution < 1.29 is 23.4 Å². The fourth-order valence-electron chi connectivity index (χ4n) is 3.80. The topological polar surface area (TPSA) is 82.8 Å². The highest BCUT2D eigenvalue weighted by atomic mass is 19.1. The van der Waals surface area contributed by atoms with Crippen LogP contribution in [-0.2, 0) is 6.42 Å². The molecule has 1 fully saturated rings. The number of hydrogen-bond donors (Lipinski definition) is 2. The molecule has 0 aromatic heterocycles. The van der Waals surface area contributed by atoms with Crippen LogP contribution in [0.4, 0.5) is 4.39 Å². The quantitative estimate of drug-likeness (QED) is 0.778. The van der Waals surface area contributed by atoms with Crippen molar-refractivity contribution in [2.75, 3.05) is 13.3 Å². The second-order valence-electron chi connectivity index (χ2n) is 7.43. The third-order valence-corrected chi connectivity index (χ3v) is 5.36. The summed E-state index contributed by atoms with van der Waals surface area (Å²) < 4.78 is 30.8. The molecule has 0 saturated heterocycles. The van der Waals surface area contributed by atoms with Crippen LogP contribution in [0.3, 0.4) is 0 Å². The molecule has 154 valence electrons. The summed E-state index contributed by atoms with van der Waals surface area (Å²) in [6.45, 7) is 0.694. The molecule has 1 aliphatic heterocycles. The summed E-state index contributed by atoms with van der Waals surface area (Å²) in [7, 11) is 0. The Morgan fingerprint density at radius 1 is 1.10 bits per heavy atom. The van der Waals surface area contributed by atoms with Gasteiger partial charge in [0.05, 0.1) is 11.7 Å². The molecule has 0 radical (unpaired) electrons. The van der Waals surface area contributed by atoms with Crippen molar-refractivity contribution >= 4 is 5.91 Å². The molecule has 29 heavy (non-hydrogen) atoms. The predicted octanol–water partition coefficient (Wildman–Crippen LogP) is 3.18. The van der Waals surface area contributed by atoms with E-state index in [1.807, 2.05) is 18.2 Å². The summed E-state index contributed by atoms with van der Waals surface area (Å²) >= 11 is 0. The normalized spacial score (nSPS) is 20.3. The van der Waals surface area contributed by atoms with Gasteiger partial charge in [-0.2, -0.15) is 0 Å². The summed E-state index contributed by atoms with van der Waals surface area (Å²) in [4.78, 5) is 12.5. The van der Waals surface area contributed by atoms with E-state index >= 15 is 0 Å². The highest BCUT2D eigenvalue weighted by molar-refractivity contribution is 5.94. The minimum Gasteiger partial charge on any atom is -0.490 e. The zero-order valence-corrected chi connectivity index (χ0v) is 16.2. The van der Waals surface area contributed by atoms with Gasteiger partial charge in [-0.25, -0.2) is 4.39 Å². The van der Waals surface area contributed by atoms with E-state index in [4.69, 9.17) is 19.9 Å². The van der Waals surface area contributed by atoms with Crippen molar-refractivity contribution in [3.63, 3.8) is 0 Å². The Balaban J connectivity index is 1.30. The van der Waals surface area contributed by atoms with Crippen molar-refractivity contribution in [1.82, 2.24) is 5.32 Å². The number of rotatable bonds is 6. The summed E-state index contributed by atoms with van der Waals surface area (Å²) in [6.07, 6.45) is 3.89. The van der Waals surface area contributed by atoms with Crippen molar-refractivity contribution in [1.29, 1.82) is 0 Å². The zero-order chi connectivity index (χ0) is 20.2. The van der Waals surface area contributed by atoms with Gasteiger partial charge in [-0.05, 0) is 68.5 Å². The summed E-state index contributed by atoms with van der Waals surface area (Å²) in [5, 5.41) is 2.96. The molecule has 2 aliphatic rings. The molecule has 7 heteroatoms. The standard InChI is InChI=1S/C22H25FN2O4/c23-19-7-1-14(9-10-24)11-18(19)22(26)25-15-2-4-16(5-3-15)29-17-6-8-20-21(12-17)28-13-27-20/h1,6-8,11-12,15-16H,2-5,9-10,13,24H2,(H,25,26). The molecule has 2 aromatic carbocycles. The second kappa shape index (κ2) is 8.69. The molecule has 6 nitrogen and oxygen atoms in total. The van der Waals surface area contributed by atoms with Crippen LogP contribution in [0, 0.1) is 5.82 Å². The maximum absolute atomic E-state index is 14.1. The van der Waals surface area contributed by atoms with Crippen LogP contribution in [0.2, 0.25) is 0 Å². The van der Waals surface area contributed by atoms with Gasteiger partial charge in [-0.1, -0.05) is 6.07 Å². The molecule has 1 aliphatic carbocycles. The first kappa shape index (κ1) is 19.5. The van der Waals surface area contributed by atoms with Gasteiger partial charge in [-0.3, -0.25) is 4.79 Å². The highest BCUT2D eigenvalue weighted by Crippen LogP contribution is 2.36. The number of nitrogens with two attached hydrogens (primary N) is 1. The van der Waals surface area contributed by atoms with E-state index in [0.717, 1.165) is 42.7 Å². The van der Waals surface area contributed by atoms with E-state index in [-0.39, 0.29) is 30.4 Å². The number of amides is 1. The Bertz CT molecular complexity index is 881. The summed E-state index contributed by atoms with van der Waals surface area (Å²) in [5.41, 5.74) is 6.49. The zero-order valence-electron chi connectivity index (χ0n) is 16.2. The van der Waals surface area contributed by atoms with Gasteiger partial charge in [-0.15, -0.1) is 0 Å². The van der Waals surface area contributed by atoms with Crippen molar-refractivity contribution in [3.05, 3.63) is 53.3 Å². The maximum atomic E-state index is 14.1. The molecule has 3 N–H and O–H groups in total. The smallest absolute Gasteiger partial charge is 0.254 e. The van der Waals surface area contributed by atoms with Crippen molar-refractivity contribution in [2.45, 2.75) is 44.2 Å². The first-order valence-corrected chi connectivity index (χ1v) is 9.98. The average Bonchev–Trinajstić information content (AvgIpc) is 3.19. The second-order valence-corrected chi connectivity index (χ2v) is 7.43.